The van der Waals surface area contributed by atoms with Gasteiger partial charge in [-0.25, -0.2) is 19.7 Å². The Morgan fingerprint density at radius 1 is 1.06 bits per heavy atom. The van der Waals surface area contributed by atoms with Gasteiger partial charge in [0, 0.05) is 17.1 Å². The van der Waals surface area contributed by atoms with Crippen LogP contribution < -0.4 is 9.64 Å². The van der Waals surface area contributed by atoms with E-state index in [4.69, 9.17) is 14.2 Å². The zero-order valence-electron chi connectivity index (χ0n) is 19.0. The Labute approximate surface area is 186 Å². The van der Waals surface area contributed by atoms with Gasteiger partial charge in [-0.15, -0.1) is 0 Å². The lowest BCUT2D eigenvalue weighted by molar-refractivity contribution is -0.139. The summed E-state index contributed by atoms with van der Waals surface area (Å²) in [5, 5.41) is 0.499. The fourth-order valence-electron chi connectivity index (χ4n) is 3.02. The second-order valence-corrected chi connectivity index (χ2v) is 8.14. The van der Waals surface area contributed by atoms with Crippen molar-refractivity contribution in [2.24, 2.45) is 0 Å². The Hall–Kier alpha value is -3.75. The molecule has 0 fully saturated rings. The van der Waals surface area contributed by atoms with Crippen LogP contribution in [-0.2, 0) is 14.3 Å². The summed E-state index contributed by atoms with van der Waals surface area (Å²) in [4.78, 5) is 39.3. The van der Waals surface area contributed by atoms with E-state index in [1.807, 2.05) is 25.1 Å². The number of nitrogens with zero attached hydrogens (tertiary/aromatic N) is 4. The molecule has 0 unspecified atom stereocenters. The summed E-state index contributed by atoms with van der Waals surface area (Å²) in [6, 6.07) is 7.46. The zero-order valence-corrected chi connectivity index (χ0v) is 19.0. The average molecular weight is 438 g/mol. The van der Waals surface area contributed by atoms with Crippen molar-refractivity contribution < 1.29 is 23.8 Å². The highest BCUT2D eigenvalue weighted by Crippen LogP contribution is 2.35. The number of hydrogen-bond donors (Lipinski definition) is 0. The molecular formula is C23H26N4O5. The fourth-order valence-corrected chi connectivity index (χ4v) is 3.02. The van der Waals surface area contributed by atoms with Crippen molar-refractivity contribution in [3.8, 4) is 17.0 Å². The van der Waals surface area contributed by atoms with Crippen LogP contribution >= 0.6 is 0 Å². The van der Waals surface area contributed by atoms with Gasteiger partial charge in [0.1, 0.15) is 35.6 Å². The first-order valence-electron chi connectivity index (χ1n) is 9.96. The molecule has 9 nitrogen and oxygen atoms in total. The summed E-state index contributed by atoms with van der Waals surface area (Å²) in [6.45, 7) is 6.79. The van der Waals surface area contributed by atoms with E-state index in [0.29, 0.717) is 22.3 Å². The molecule has 0 spiro atoms. The van der Waals surface area contributed by atoms with E-state index in [-0.39, 0.29) is 12.4 Å². The number of methoxy groups -OCH3 is 2. The number of esters is 1. The van der Waals surface area contributed by atoms with Crippen LogP contribution in [0, 0.1) is 6.92 Å². The highest BCUT2D eigenvalue weighted by atomic mass is 16.6. The number of amides is 1. The van der Waals surface area contributed by atoms with Crippen LogP contribution in [0.4, 0.5) is 10.6 Å². The van der Waals surface area contributed by atoms with Crippen molar-refractivity contribution >= 4 is 28.8 Å². The number of aryl methyl sites for hydroxylation is 1. The molecule has 2 heterocycles. The number of aromatic nitrogens is 3. The van der Waals surface area contributed by atoms with Crippen molar-refractivity contribution in [1.29, 1.82) is 0 Å². The highest BCUT2D eigenvalue weighted by Gasteiger charge is 2.29. The maximum Gasteiger partial charge on any atom is 0.416 e. The third-order valence-electron chi connectivity index (χ3n) is 4.49. The Morgan fingerprint density at radius 2 is 1.81 bits per heavy atom. The molecule has 3 aromatic rings. The minimum Gasteiger partial charge on any atom is -0.494 e. The lowest BCUT2D eigenvalue weighted by Crippen LogP contribution is -2.41. The van der Waals surface area contributed by atoms with Crippen molar-refractivity contribution in [1.82, 2.24) is 15.0 Å². The van der Waals surface area contributed by atoms with Gasteiger partial charge in [-0.2, -0.15) is 0 Å². The van der Waals surface area contributed by atoms with E-state index in [1.165, 1.54) is 20.5 Å². The maximum atomic E-state index is 13.0. The number of carbonyl (C=O) groups is 2. The number of ether oxygens (including phenoxy) is 3. The summed E-state index contributed by atoms with van der Waals surface area (Å²) in [5.74, 6) is 0.0542. The fraction of sp³-hybridized carbons (Fsp3) is 0.348. The summed E-state index contributed by atoms with van der Waals surface area (Å²) in [7, 11) is 2.78. The molecule has 1 aromatic carbocycles. The number of rotatable bonds is 5. The summed E-state index contributed by atoms with van der Waals surface area (Å²) < 4.78 is 15.8. The third-order valence-corrected chi connectivity index (χ3v) is 4.49. The lowest BCUT2D eigenvalue weighted by Gasteiger charge is -2.26. The number of carbonyl (C=O) groups excluding carboxylic acids is 2. The van der Waals surface area contributed by atoms with Crippen LogP contribution in [0.1, 0.15) is 26.3 Å². The molecular weight excluding hydrogens is 412 g/mol. The Morgan fingerprint density at radius 3 is 2.41 bits per heavy atom. The Bertz CT molecular complexity index is 1140. The molecule has 0 saturated heterocycles. The first-order chi connectivity index (χ1) is 15.1. The Balaban J connectivity index is 2.21. The smallest absolute Gasteiger partial charge is 0.416 e. The number of benzene rings is 1. The molecule has 0 aliphatic rings. The van der Waals surface area contributed by atoms with Crippen LogP contribution in [0.5, 0.6) is 5.75 Å². The van der Waals surface area contributed by atoms with E-state index in [2.05, 4.69) is 15.0 Å². The molecule has 0 bridgehead atoms. The number of pyridine rings is 1. The SMILES string of the molecule is COC(=O)CN(C(=O)OC(C)(C)C)c1ncnc2c(OC)cc(-c3ccc(C)cn3)cc12. The van der Waals surface area contributed by atoms with Gasteiger partial charge in [0.25, 0.3) is 0 Å². The van der Waals surface area contributed by atoms with E-state index in [1.54, 1.807) is 33.0 Å². The van der Waals surface area contributed by atoms with Gasteiger partial charge in [-0.3, -0.25) is 9.78 Å². The first kappa shape index (κ1) is 22.9. The minimum atomic E-state index is -0.775. The van der Waals surface area contributed by atoms with E-state index < -0.39 is 17.7 Å². The predicted octanol–water partition coefficient (Wildman–Crippen LogP) is 3.92. The van der Waals surface area contributed by atoms with Gasteiger partial charge in [0.2, 0.25) is 0 Å². The molecule has 3 rings (SSSR count). The standard InChI is InChI=1S/C23H26N4O5/c1-14-7-8-17(24-11-14)15-9-16-20(18(10-15)30-5)25-13-26-21(16)27(12-19(28)31-6)22(29)32-23(2,3)4/h7-11,13H,12H2,1-6H3. The van der Waals surface area contributed by atoms with Gasteiger partial charge in [-0.05, 0) is 51.5 Å². The normalized spacial score (nSPS) is 11.2. The number of anilines is 1. The quantitative estimate of drug-likeness (QED) is 0.552. The molecule has 2 aromatic heterocycles. The van der Waals surface area contributed by atoms with Gasteiger partial charge in [0.05, 0.1) is 19.9 Å². The summed E-state index contributed by atoms with van der Waals surface area (Å²) in [5.41, 5.74) is 2.18. The molecule has 0 saturated carbocycles. The van der Waals surface area contributed by atoms with Crippen molar-refractivity contribution in [2.45, 2.75) is 33.3 Å². The Kier molecular flexibility index (Phi) is 6.57. The maximum absolute atomic E-state index is 13.0. The molecule has 0 atom stereocenters. The number of hydrogen-bond acceptors (Lipinski definition) is 8. The van der Waals surface area contributed by atoms with Gasteiger partial charge in [0.15, 0.2) is 0 Å². The highest BCUT2D eigenvalue weighted by molar-refractivity contribution is 6.03. The molecule has 0 aliphatic heterocycles. The van der Waals surface area contributed by atoms with Crippen molar-refractivity contribution in [2.75, 3.05) is 25.7 Å². The molecule has 32 heavy (non-hydrogen) atoms. The second kappa shape index (κ2) is 9.17. The van der Waals surface area contributed by atoms with E-state index in [0.717, 1.165) is 16.0 Å². The average Bonchev–Trinajstić information content (AvgIpc) is 2.75. The second-order valence-electron chi connectivity index (χ2n) is 8.14. The van der Waals surface area contributed by atoms with Crippen LogP contribution in [0.2, 0.25) is 0 Å². The lowest BCUT2D eigenvalue weighted by atomic mass is 10.1. The van der Waals surface area contributed by atoms with Crippen LogP contribution in [0.15, 0.2) is 36.8 Å². The zero-order chi connectivity index (χ0) is 23.5. The molecule has 0 radical (unpaired) electrons. The summed E-state index contributed by atoms with van der Waals surface area (Å²) in [6.07, 6.45) is 2.33. The topological polar surface area (TPSA) is 104 Å². The van der Waals surface area contributed by atoms with Gasteiger partial charge >= 0.3 is 12.1 Å². The largest absolute Gasteiger partial charge is 0.494 e. The molecule has 0 aliphatic carbocycles. The van der Waals surface area contributed by atoms with Crippen LogP contribution in [0.3, 0.4) is 0 Å². The summed E-state index contributed by atoms with van der Waals surface area (Å²) >= 11 is 0. The van der Waals surface area contributed by atoms with Crippen LogP contribution in [-0.4, -0.2) is 53.4 Å². The third kappa shape index (κ3) is 5.11. The minimum absolute atomic E-state index is 0.196. The van der Waals surface area contributed by atoms with Crippen molar-refractivity contribution in [3.05, 3.63) is 42.4 Å². The number of fused-ring (bicyclic) bond motifs is 1. The van der Waals surface area contributed by atoms with E-state index in [9.17, 15) is 9.59 Å². The van der Waals surface area contributed by atoms with Gasteiger partial charge in [-0.1, -0.05) is 6.07 Å². The van der Waals surface area contributed by atoms with E-state index >= 15 is 0 Å². The predicted molar refractivity (Wildman–Crippen MR) is 120 cm³/mol. The van der Waals surface area contributed by atoms with Crippen molar-refractivity contribution in [3.63, 3.8) is 0 Å². The monoisotopic (exact) mass is 438 g/mol. The molecule has 0 N–H and O–H groups in total. The van der Waals surface area contributed by atoms with Gasteiger partial charge < -0.3 is 14.2 Å². The molecule has 1 amide bonds. The van der Waals surface area contributed by atoms with Crippen LogP contribution in [0.25, 0.3) is 22.2 Å². The molecule has 9 heteroatoms. The molecule has 168 valence electrons. The first-order valence-corrected chi connectivity index (χ1v) is 9.96.